The molecule has 19 heavy (non-hydrogen) atoms. The van der Waals surface area contributed by atoms with Gasteiger partial charge in [-0.2, -0.15) is 0 Å². The maximum atomic E-state index is 2.84. The largest absolute Gasteiger partial charge is 0.297 e. The number of fused-ring (bicyclic) bond motifs is 1. The lowest BCUT2D eigenvalue weighted by Gasteiger charge is -2.46. The van der Waals surface area contributed by atoms with Crippen molar-refractivity contribution < 1.29 is 0 Å². The van der Waals surface area contributed by atoms with Crippen molar-refractivity contribution in [2.75, 3.05) is 13.1 Å². The molecule has 0 radical (unpaired) electrons. The molecule has 1 saturated heterocycles. The van der Waals surface area contributed by atoms with Crippen molar-refractivity contribution in [2.45, 2.75) is 63.8 Å². The van der Waals surface area contributed by atoms with Gasteiger partial charge in [-0.3, -0.25) is 4.90 Å². The summed E-state index contributed by atoms with van der Waals surface area (Å²) in [5.41, 5.74) is 3.71. The summed E-state index contributed by atoms with van der Waals surface area (Å²) in [6.45, 7) is 4.95. The number of hydrogen-bond donors (Lipinski definition) is 0. The van der Waals surface area contributed by atoms with Gasteiger partial charge in [0.1, 0.15) is 0 Å². The summed E-state index contributed by atoms with van der Waals surface area (Å²) in [7, 11) is 0. The minimum Gasteiger partial charge on any atom is -0.297 e. The SMILES string of the molecule is CCCN1CCCCCC12CCc1ccccc1C2. The molecule has 1 aliphatic carbocycles. The van der Waals surface area contributed by atoms with Crippen molar-refractivity contribution in [1.29, 1.82) is 0 Å². The third-order valence-electron chi connectivity index (χ3n) is 5.23. The van der Waals surface area contributed by atoms with Crippen LogP contribution in [0.3, 0.4) is 0 Å². The molecule has 2 aliphatic rings. The highest BCUT2D eigenvalue weighted by Crippen LogP contribution is 2.39. The van der Waals surface area contributed by atoms with Gasteiger partial charge in [-0.25, -0.2) is 0 Å². The summed E-state index contributed by atoms with van der Waals surface area (Å²) in [5.74, 6) is 0. The zero-order chi connectivity index (χ0) is 13.1. The van der Waals surface area contributed by atoms with Crippen molar-refractivity contribution in [1.82, 2.24) is 4.90 Å². The Morgan fingerprint density at radius 3 is 2.74 bits per heavy atom. The van der Waals surface area contributed by atoms with Gasteiger partial charge in [0.15, 0.2) is 0 Å². The fourth-order valence-corrected chi connectivity index (χ4v) is 4.22. The highest BCUT2D eigenvalue weighted by Gasteiger charge is 2.39. The third kappa shape index (κ3) is 2.58. The third-order valence-corrected chi connectivity index (χ3v) is 5.23. The second-order valence-corrected chi connectivity index (χ2v) is 6.47. The van der Waals surface area contributed by atoms with Gasteiger partial charge in [0, 0.05) is 5.54 Å². The van der Waals surface area contributed by atoms with Gasteiger partial charge in [0.25, 0.3) is 0 Å². The Labute approximate surface area is 118 Å². The summed E-state index contributed by atoms with van der Waals surface area (Å²) in [6, 6.07) is 9.13. The van der Waals surface area contributed by atoms with E-state index in [9.17, 15) is 0 Å². The van der Waals surface area contributed by atoms with Crippen LogP contribution in [-0.4, -0.2) is 23.5 Å². The highest BCUT2D eigenvalue weighted by atomic mass is 15.2. The molecule has 1 fully saturated rings. The molecule has 1 atom stereocenters. The van der Waals surface area contributed by atoms with E-state index in [0.717, 1.165) is 0 Å². The van der Waals surface area contributed by atoms with E-state index in [1.165, 1.54) is 64.5 Å². The molecule has 1 unspecified atom stereocenters. The minimum atomic E-state index is 0.487. The first kappa shape index (κ1) is 13.2. The lowest BCUT2D eigenvalue weighted by molar-refractivity contribution is 0.0732. The lowest BCUT2D eigenvalue weighted by atomic mass is 9.74. The van der Waals surface area contributed by atoms with Crippen molar-refractivity contribution in [3.63, 3.8) is 0 Å². The van der Waals surface area contributed by atoms with Crippen molar-refractivity contribution in [3.8, 4) is 0 Å². The topological polar surface area (TPSA) is 3.24 Å². The van der Waals surface area contributed by atoms with Gasteiger partial charge in [-0.1, -0.05) is 44.0 Å². The molecular weight excluding hydrogens is 230 g/mol. The van der Waals surface area contributed by atoms with Crippen molar-refractivity contribution in [2.24, 2.45) is 0 Å². The molecule has 1 nitrogen and oxygen atoms in total. The number of nitrogens with zero attached hydrogens (tertiary/aromatic N) is 1. The predicted molar refractivity (Wildman–Crippen MR) is 81.5 cm³/mol. The number of likely N-dealkylation sites (tertiary alicyclic amines) is 1. The quantitative estimate of drug-likeness (QED) is 0.767. The van der Waals surface area contributed by atoms with E-state index in [4.69, 9.17) is 0 Å². The number of benzene rings is 1. The van der Waals surface area contributed by atoms with Crippen LogP contribution >= 0.6 is 0 Å². The molecule has 1 heteroatoms. The van der Waals surface area contributed by atoms with Crippen molar-refractivity contribution in [3.05, 3.63) is 35.4 Å². The molecular formula is C18H27N. The van der Waals surface area contributed by atoms with Crippen LogP contribution in [0.25, 0.3) is 0 Å². The zero-order valence-electron chi connectivity index (χ0n) is 12.3. The first-order chi connectivity index (χ1) is 9.34. The van der Waals surface area contributed by atoms with Crippen LogP contribution in [0.5, 0.6) is 0 Å². The normalized spacial score (nSPS) is 28.1. The first-order valence-corrected chi connectivity index (χ1v) is 8.16. The van der Waals surface area contributed by atoms with Crippen LogP contribution in [-0.2, 0) is 12.8 Å². The Balaban J connectivity index is 1.88. The van der Waals surface area contributed by atoms with Gasteiger partial charge in [0.2, 0.25) is 0 Å². The number of aryl methyl sites for hydroxylation is 1. The molecule has 3 rings (SSSR count). The second kappa shape index (κ2) is 5.66. The summed E-state index contributed by atoms with van der Waals surface area (Å²) in [5, 5.41) is 0. The standard InChI is InChI=1S/C18H27N/c1-2-13-19-14-7-3-6-11-18(19)12-10-16-8-4-5-9-17(16)15-18/h4-5,8-9H,2-3,6-7,10-15H2,1H3. The Hall–Kier alpha value is -0.820. The molecule has 1 aromatic carbocycles. The van der Waals surface area contributed by atoms with E-state index >= 15 is 0 Å². The summed E-state index contributed by atoms with van der Waals surface area (Å²) in [4.78, 5) is 2.84. The van der Waals surface area contributed by atoms with E-state index in [2.05, 4.69) is 36.1 Å². The molecule has 0 amide bonds. The second-order valence-electron chi connectivity index (χ2n) is 6.47. The average Bonchev–Trinajstić information content (AvgIpc) is 2.63. The van der Waals surface area contributed by atoms with Gasteiger partial charge in [0.05, 0.1) is 0 Å². The molecule has 104 valence electrons. The maximum Gasteiger partial charge on any atom is 0.0253 e. The Morgan fingerprint density at radius 1 is 1.05 bits per heavy atom. The van der Waals surface area contributed by atoms with Crippen LogP contribution in [0.15, 0.2) is 24.3 Å². The number of rotatable bonds is 2. The molecule has 1 aliphatic heterocycles. The molecule has 1 heterocycles. The zero-order valence-corrected chi connectivity index (χ0v) is 12.3. The lowest BCUT2D eigenvalue weighted by Crippen LogP contribution is -2.52. The highest BCUT2D eigenvalue weighted by molar-refractivity contribution is 5.32. The summed E-state index contributed by atoms with van der Waals surface area (Å²) < 4.78 is 0. The Bertz CT molecular complexity index is 425. The fraction of sp³-hybridized carbons (Fsp3) is 0.667. The van der Waals surface area contributed by atoms with Gasteiger partial charge >= 0.3 is 0 Å². The fourth-order valence-electron chi connectivity index (χ4n) is 4.22. The van der Waals surface area contributed by atoms with E-state index in [1.807, 2.05) is 0 Å². The molecule has 0 saturated carbocycles. The molecule has 0 N–H and O–H groups in total. The van der Waals surface area contributed by atoms with Crippen LogP contribution in [0.1, 0.15) is 56.6 Å². The number of hydrogen-bond acceptors (Lipinski definition) is 1. The van der Waals surface area contributed by atoms with Crippen LogP contribution in [0.2, 0.25) is 0 Å². The Kier molecular flexibility index (Phi) is 3.93. The Morgan fingerprint density at radius 2 is 1.89 bits per heavy atom. The van der Waals surface area contributed by atoms with E-state index < -0.39 is 0 Å². The predicted octanol–water partition coefficient (Wildman–Crippen LogP) is 4.20. The average molecular weight is 257 g/mol. The van der Waals surface area contributed by atoms with E-state index in [-0.39, 0.29) is 0 Å². The van der Waals surface area contributed by atoms with Crippen LogP contribution < -0.4 is 0 Å². The van der Waals surface area contributed by atoms with Crippen LogP contribution in [0.4, 0.5) is 0 Å². The minimum absolute atomic E-state index is 0.487. The van der Waals surface area contributed by atoms with Gasteiger partial charge in [-0.05, 0) is 62.7 Å². The molecule has 1 spiro atoms. The monoisotopic (exact) mass is 257 g/mol. The van der Waals surface area contributed by atoms with Crippen molar-refractivity contribution >= 4 is 0 Å². The smallest absolute Gasteiger partial charge is 0.0253 e. The summed E-state index contributed by atoms with van der Waals surface area (Å²) >= 11 is 0. The van der Waals surface area contributed by atoms with Gasteiger partial charge < -0.3 is 0 Å². The maximum absolute atomic E-state index is 2.84. The van der Waals surface area contributed by atoms with Gasteiger partial charge in [-0.15, -0.1) is 0 Å². The molecule has 0 bridgehead atoms. The molecule has 1 aromatic rings. The van der Waals surface area contributed by atoms with E-state index in [0.29, 0.717) is 5.54 Å². The summed E-state index contributed by atoms with van der Waals surface area (Å²) in [6.07, 6.45) is 10.9. The van der Waals surface area contributed by atoms with E-state index in [1.54, 1.807) is 11.1 Å². The van der Waals surface area contributed by atoms with Crippen LogP contribution in [0, 0.1) is 0 Å². The first-order valence-electron chi connectivity index (χ1n) is 8.16. The molecule has 0 aromatic heterocycles.